The van der Waals surface area contributed by atoms with Crippen molar-refractivity contribution in [2.45, 2.75) is 19.5 Å². The Labute approximate surface area is 123 Å². The molecular weight excluding hydrogens is 303 g/mol. The van der Waals surface area contributed by atoms with Gasteiger partial charge in [0.2, 0.25) is 11.0 Å². The molecule has 1 aromatic carbocycles. The second kappa shape index (κ2) is 6.21. The normalized spacial score (nSPS) is 13.0. The second-order valence-electron chi connectivity index (χ2n) is 4.54. The number of carbonyl (C=O) groups excluding carboxylic acids is 1. The van der Waals surface area contributed by atoms with Crippen molar-refractivity contribution in [3.05, 3.63) is 40.9 Å². The molecule has 1 heterocycles. The predicted octanol–water partition coefficient (Wildman–Crippen LogP) is 3.37. The number of carbonyl (C=O) groups is 1. The van der Waals surface area contributed by atoms with Crippen LogP contribution in [0.5, 0.6) is 0 Å². The zero-order valence-corrected chi connectivity index (χ0v) is 11.8. The van der Waals surface area contributed by atoms with Crippen molar-refractivity contribution in [3.8, 4) is 0 Å². The predicted molar refractivity (Wildman–Crippen MR) is 72.9 cm³/mol. The van der Waals surface area contributed by atoms with Gasteiger partial charge in [-0.15, -0.1) is 10.2 Å². The van der Waals surface area contributed by atoms with Gasteiger partial charge < -0.3 is 5.32 Å². The maximum Gasteiger partial charge on any atom is 0.416 e. The number of nitrogens with zero attached hydrogens (tertiary/aromatic N) is 2. The highest BCUT2D eigenvalue weighted by atomic mass is 32.1. The van der Waals surface area contributed by atoms with Crippen LogP contribution in [0.25, 0.3) is 0 Å². The van der Waals surface area contributed by atoms with Crippen molar-refractivity contribution in [1.82, 2.24) is 10.2 Å². The number of halogens is 3. The Morgan fingerprint density at radius 1 is 1.43 bits per heavy atom. The quantitative estimate of drug-likeness (QED) is 0.941. The van der Waals surface area contributed by atoms with Crippen molar-refractivity contribution in [2.24, 2.45) is 5.92 Å². The fourth-order valence-electron chi connectivity index (χ4n) is 1.78. The highest BCUT2D eigenvalue weighted by molar-refractivity contribution is 7.13. The van der Waals surface area contributed by atoms with Crippen LogP contribution in [0, 0.1) is 5.92 Å². The maximum atomic E-state index is 12.6. The number of alkyl halides is 3. The number of hydrogen-bond acceptors (Lipinski definition) is 4. The van der Waals surface area contributed by atoms with Gasteiger partial charge in [-0.05, 0) is 18.1 Å². The van der Waals surface area contributed by atoms with Crippen LogP contribution in [0.4, 0.5) is 18.3 Å². The SMILES string of the molecule is CC(Cc1cccc(C(F)(F)F)c1)C(=O)Nc1nncs1. The molecule has 2 rings (SSSR count). The summed E-state index contributed by atoms with van der Waals surface area (Å²) in [6.07, 6.45) is -4.16. The van der Waals surface area contributed by atoms with Crippen LogP contribution >= 0.6 is 11.3 Å². The third-order valence-electron chi connectivity index (χ3n) is 2.83. The van der Waals surface area contributed by atoms with Gasteiger partial charge >= 0.3 is 6.18 Å². The lowest BCUT2D eigenvalue weighted by molar-refractivity contribution is -0.137. The molecular formula is C13H12F3N3OS. The molecule has 0 fully saturated rings. The van der Waals surface area contributed by atoms with Crippen molar-refractivity contribution >= 4 is 22.4 Å². The van der Waals surface area contributed by atoms with Gasteiger partial charge in [0.05, 0.1) is 5.56 Å². The first-order valence-corrected chi connectivity index (χ1v) is 6.97. The van der Waals surface area contributed by atoms with E-state index in [1.807, 2.05) is 0 Å². The first-order chi connectivity index (χ1) is 9.86. The molecule has 4 nitrogen and oxygen atoms in total. The van der Waals surface area contributed by atoms with E-state index < -0.39 is 17.7 Å². The first kappa shape index (κ1) is 15.4. The topological polar surface area (TPSA) is 54.9 Å². The zero-order chi connectivity index (χ0) is 15.5. The highest BCUT2D eigenvalue weighted by Crippen LogP contribution is 2.30. The third-order valence-corrected chi connectivity index (χ3v) is 3.44. The molecule has 0 saturated heterocycles. The lowest BCUT2D eigenvalue weighted by Crippen LogP contribution is -2.22. The number of amides is 1. The van der Waals surface area contributed by atoms with E-state index in [-0.39, 0.29) is 12.3 Å². The molecule has 0 aliphatic carbocycles. The molecule has 0 aliphatic heterocycles. The molecule has 0 radical (unpaired) electrons. The van der Waals surface area contributed by atoms with Crippen LogP contribution in [0.15, 0.2) is 29.8 Å². The van der Waals surface area contributed by atoms with Crippen LogP contribution in [-0.4, -0.2) is 16.1 Å². The van der Waals surface area contributed by atoms with E-state index in [1.54, 1.807) is 13.0 Å². The minimum absolute atomic E-state index is 0.217. The van der Waals surface area contributed by atoms with E-state index in [2.05, 4.69) is 15.5 Å². The van der Waals surface area contributed by atoms with Crippen LogP contribution in [0.1, 0.15) is 18.1 Å². The standard InChI is InChI=1S/C13H12F3N3OS/c1-8(11(20)18-12-19-17-7-21-12)5-9-3-2-4-10(6-9)13(14,15)16/h2-4,6-8H,5H2,1H3,(H,18,19,20). The van der Waals surface area contributed by atoms with Gasteiger partial charge in [-0.3, -0.25) is 4.79 Å². The van der Waals surface area contributed by atoms with E-state index in [0.717, 1.165) is 12.1 Å². The van der Waals surface area contributed by atoms with E-state index in [9.17, 15) is 18.0 Å². The van der Waals surface area contributed by atoms with Crippen LogP contribution in [0.2, 0.25) is 0 Å². The molecule has 1 amide bonds. The summed E-state index contributed by atoms with van der Waals surface area (Å²) in [5.74, 6) is -0.776. The molecule has 112 valence electrons. The number of nitrogens with one attached hydrogen (secondary N) is 1. The van der Waals surface area contributed by atoms with Crippen molar-refractivity contribution in [3.63, 3.8) is 0 Å². The van der Waals surface area contributed by atoms with Crippen LogP contribution < -0.4 is 5.32 Å². The summed E-state index contributed by atoms with van der Waals surface area (Å²) in [6.45, 7) is 1.65. The summed E-state index contributed by atoms with van der Waals surface area (Å²) < 4.78 is 37.9. The summed E-state index contributed by atoms with van der Waals surface area (Å²) in [6, 6.07) is 4.99. The van der Waals surface area contributed by atoms with Crippen molar-refractivity contribution in [2.75, 3.05) is 5.32 Å². The fourth-order valence-corrected chi connectivity index (χ4v) is 2.22. The van der Waals surface area contributed by atoms with Crippen molar-refractivity contribution < 1.29 is 18.0 Å². The average Bonchev–Trinajstić information content (AvgIpc) is 2.91. The Balaban J connectivity index is 2.02. The molecule has 1 aromatic heterocycles. The van der Waals surface area contributed by atoms with Gasteiger partial charge in [-0.1, -0.05) is 36.5 Å². The summed E-state index contributed by atoms with van der Waals surface area (Å²) in [7, 11) is 0. The number of benzene rings is 1. The Bertz CT molecular complexity index is 613. The van der Waals surface area contributed by atoms with Gasteiger partial charge in [0, 0.05) is 5.92 Å². The molecule has 21 heavy (non-hydrogen) atoms. The van der Waals surface area contributed by atoms with E-state index in [4.69, 9.17) is 0 Å². The van der Waals surface area contributed by atoms with Gasteiger partial charge in [0.15, 0.2) is 0 Å². The smallest absolute Gasteiger partial charge is 0.300 e. The molecule has 0 saturated carbocycles. The molecule has 0 aliphatic rings. The Kier molecular flexibility index (Phi) is 4.56. The molecule has 0 spiro atoms. The molecule has 1 atom stereocenters. The molecule has 1 N–H and O–H groups in total. The van der Waals surface area contributed by atoms with Crippen LogP contribution in [0.3, 0.4) is 0 Å². The largest absolute Gasteiger partial charge is 0.416 e. The maximum absolute atomic E-state index is 12.6. The van der Waals surface area contributed by atoms with Crippen molar-refractivity contribution in [1.29, 1.82) is 0 Å². The van der Waals surface area contributed by atoms with Gasteiger partial charge in [0.1, 0.15) is 5.51 Å². The number of aromatic nitrogens is 2. The average molecular weight is 315 g/mol. The minimum Gasteiger partial charge on any atom is -0.300 e. The summed E-state index contributed by atoms with van der Waals surface area (Å²) in [5.41, 5.74) is 1.23. The minimum atomic E-state index is -4.38. The zero-order valence-electron chi connectivity index (χ0n) is 11.0. The van der Waals surface area contributed by atoms with E-state index in [0.29, 0.717) is 10.7 Å². The second-order valence-corrected chi connectivity index (χ2v) is 5.37. The number of hydrogen-bond donors (Lipinski definition) is 1. The summed E-state index contributed by atoms with van der Waals surface area (Å²) in [4.78, 5) is 11.9. The van der Waals surface area contributed by atoms with Gasteiger partial charge in [-0.2, -0.15) is 13.2 Å². The lowest BCUT2D eigenvalue weighted by atomic mass is 9.99. The highest BCUT2D eigenvalue weighted by Gasteiger charge is 2.30. The molecule has 8 heteroatoms. The first-order valence-electron chi connectivity index (χ1n) is 6.09. The third kappa shape index (κ3) is 4.25. The monoisotopic (exact) mass is 315 g/mol. The van der Waals surface area contributed by atoms with Crippen LogP contribution in [-0.2, 0) is 17.4 Å². The Morgan fingerprint density at radius 2 is 2.19 bits per heavy atom. The molecule has 1 unspecified atom stereocenters. The van der Waals surface area contributed by atoms with Gasteiger partial charge in [0.25, 0.3) is 0 Å². The van der Waals surface area contributed by atoms with Gasteiger partial charge in [-0.25, -0.2) is 0 Å². The Morgan fingerprint density at radius 3 is 2.81 bits per heavy atom. The van der Waals surface area contributed by atoms with E-state index >= 15 is 0 Å². The fraction of sp³-hybridized carbons (Fsp3) is 0.308. The summed E-state index contributed by atoms with van der Waals surface area (Å²) >= 11 is 1.18. The number of anilines is 1. The number of rotatable bonds is 4. The lowest BCUT2D eigenvalue weighted by Gasteiger charge is -2.12. The molecule has 0 bridgehead atoms. The Hall–Kier alpha value is -1.96. The summed E-state index contributed by atoms with van der Waals surface area (Å²) in [5, 5.41) is 10.2. The molecule has 2 aromatic rings. The van der Waals surface area contributed by atoms with E-state index in [1.165, 1.54) is 22.9 Å².